The van der Waals surface area contributed by atoms with E-state index in [0.717, 1.165) is 5.56 Å². The number of benzene rings is 2. The lowest BCUT2D eigenvalue weighted by atomic mass is 10.1. The fourth-order valence-corrected chi connectivity index (χ4v) is 2.13. The van der Waals surface area contributed by atoms with Gasteiger partial charge in [-0.15, -0.1) is 0 Å². The second-order valence-corrected chi connectivity index (χ2v) is 5.23. The number of ether oxygens (including phenoxy) is 2. The molecule has 0 saturated carbocycles. The molecule has 5 heteroatoms. The van der Waals surface area contributed by atoms with Crippen molar-refractivity contribution in [3.63, 3.8) is 0 Å². The highest BCUT2D eigenvalue weighted by Gasteiger charge is 2.10. The molecule has 0 amide bonds. The summed E-state index contributed by atoms with van der Waals surface area (Å²) in [5.41, 5.74) is 6.44. The summed E-state index contributed by atoms with van der Waals surface area (Å²) in [5, 5.41) is 0. The second kappa shape index (κ2) is 6.24. The Morgan fingerprint density at radius 3 is 2.40 bits per heavy atom. The van der Waals surface area contributed by atoms with Crippen molar-refractivity contribution in [1.29, 1.82) is 0 Å². The van der Waals surface area contributed by atoms with Crippen molar-refractivity contribution in [1.82, 2.24) is 0 Å². The van der Waals surface area contributed by atoms with Crippen LogP contribution in [0.5, 0.6) is 17.2 Å². The molecule has 0 saturated heterocycles. The van der Waals surface area contributed by atoms with Gasteiger partial charge in [-0.3, -0.25) is 0 Å². The summed E-state index contributed by atoms with van der Waals surface area (Å²) in [6.45, 7) is 1.80. The van der Waals surface area contributed by atoms with Gasteiger partial charge in [0, 0.05) is 6.04 Å². The third-order valence-corrected chi connectivity index (χ3v) is 3.46. The lowest BCUT2D eigenvalue weighted by Gasteiger charge is -2.12. The smallest absolute Gasteiger partial charge is 0.166 e. The molecule has 1 atom stereocenters. The summed E-state index contributed by atoms with van der Waals surface area (Å²) in [5.74, 6) is 0.915. The second-order valence-electron chi connectivity index (χ2n) is 4.38. The first kappa shape index (κ1) is 14.8. The van der Waals surface area contributed by atoms with Crippen molar-refractivity contribution in [2.75, 3.05) is 7.11 Å². The summed E-state index contributed by atoms with van der Waals surface area (Å²) in [6, 6.07) is 9.70. The van der Waals surface area contributed by atoms with E-state index in [1.54, 1.807) is 44.4 Å². The van der Waals surface area contributed by atoms with Crippen LogP contribution in [-0.4, -0.2) is 7.11 Å². The van der Waals surface area contributed by atoms with Crippen LogP contribution in [0.3, 0.4) is 0 Å². The molecule has 0 heterocycles. The van der Waals surface area contributed by atoms with Crippen LogP contribution in [-0.2, 0) is 0 Å². The van der Waals surface area contributed by atoms with E-state index in [2.05, 4.69) is 15.9 Å². The van der Waals surface area contributed by atoms with Gasteiger partial charge in [-0.1, -0.05) is 6.07 Å². The van der Waals surface area contributed by atoms with Crippen molar-refractivity contribution in [3.8, 4) is 17.2 Å². The topological polar surface area (TPSA) is 44.5 Å². The van der Waals surface area contributed by atoms with Crippen molar-refractivity contribution in [2.45, 2.75) is 13.0 Å². The van der Waals surface area contributed by atoms with Crippen LogP contribution in [0.2, 0.25) is 0 Å². The van der Waals surface area contributed by atoms with Crippen LogP contribution < -0.4 is 15.2 Å². The normalized spacial score (nSPS) is 12.1. The van der Waals surface area contributed by atoms with E-state index in [9.17, 15) is 4.39 Å². The highest BCUT2D eigenvalue weighted by atomic mass is 79.9. The SMILES string of the molecule is COc1ccc(Oc2ccc(C(C)N)cc2F)c(Br)c1. The van der Waals surface area contributed by atoms with Gasteiger partial charge < -0.3 is 15.2 Å². The Balaban J connectivity index is 2.26. The minimum atomic E-state index is -0.442. The number of nitrogens with two attached hydrogens (primary N) is 1. The summed E-state index contributed by atoms with van der Waals surface area (Å²) < 4.78 is 25.3. The van der Waals surface area contributed by atoms with Gasteiger partial charge in [0.05, 0.1) is 11.6 Å². The third kappa shape index (κ3) is 3.29. The molecular formula is C15H15BrFNO2. The molecule has 106 valence electrons. The zero-order valence-electron chi connectivity index (χ0n) is 11.2. The van der Waals surface area contributed by atoms with E-state index in [4.69, 9.17) is 15.2 Å². The minimum Gasteiger partial charge on any atom is -0.497 e. The highest BCUT2D eigenvalue weighted by Crippen LogP contribution is 2.34. The zero-order chi connectivity index (χ0) is 14.7. The Labute approximate surface area is 125 Å². The number of methoxy groups -OCH3 is 1. The average Bonchev–Trinajstić information content (AvgIpc) is 2.42. The Morgan fingerprint density at radius 1 is 1.15 bits per heavy atom. The number of hydrogen-bond acceptors (Lipinski definition) is 3. The molecule has 0 spiro atoms. The summed E-state index contributed by atoms with van der Waals surface area (Å²) >= 11 is 3.36. The summed E-state index contributed by atoms with van der Waals surface area (Å²) in [7, 11) is 1.58. The summed E-state index contributed by atoms with van der Waals surface area (Å²) in [4.78, 5) is 0. The van der Waals surface area contributed by atoms with Gasteiger partial charge in [0.15, 0.2) is 11.6 Å². The molecule has 20 heavy (non-hydrogen) atoms. The maximum absolute atomic E-state index is 14.0. The van der Waals surface area contributed by atoms with Crippen molar-refractivity contribution in [3.05, 3.63) is 52.3 Å². The maximum Gasteiger partial charge on any atom is 0.166 e. The minimum absolute atomic E-state index is 0.153. The Morgan fingerprint density at radius 2 is 1.85 bits per heavy atom. The van der Waals surface area contributed by atoms with Crippen LogP contribution in [0.15, 0.2) is 40.9 Å². The Bertz CT molecular complexity index is 617. The molecule has 0 aliphatic rings. The fraction of sp³-hybridized carbons (Fsp3) is 0.200. The van der Waals surface area contributed by atoms with E-state index < -0.39 is 5.82 Å². The molecule has 0 aromatic heterocycles. The van der Waals surface area contributed by atoms with Gasteiger partial charge in [-0.05, 0) is 58.7 Å². The lowest BCUT2D eigenvalue weighted by molar-refractivity contribution is 0.410. The number of rotatable bonds is 4. The zero-order valence-corrected chi connectivity index (χ0v) is 12.8. The van der Waals surface area contributed by atoms with Crippen LogP contribution in [0.25, 0.3) is 0 Å². The molecule has 0 aliphatic heterocycles. The molecule has 2 rings (SSSR count). The molecule has 0 bridgehead atoms. The van der Waals surface area contributed by atoms with Gasteiger partial charge in [0.1, 0.15) is 11.5 Å². The molecule has 0 fully saturated rings. The molecule has 3 nitrogen and oxygen atoms in total. The number of hydrogen-bond donors (Lipinski definition) is 1. The Hall–Kier alpha value is -1.59. The standard InChI is InChI=1S/C15H15BrFNO2/c1-9(18)10-3-5-15(13(17)7-10)20-14-6-4-11(19-2)8-12(14)16/h3-9H,18H2,1-2H3. The fourth-order valence-electron chi connectivity index (χ4n) is 1.69. The van der Waals surface area contributed by atoms with E-state index in [0.29, 0.717) is 16.0 Å². The van der Waals surface area contributed by atoms with Crippen LogP contribution >= 0.6 is 15.9 Å². The maximum atomic E-state index is 14.0. The van der Waals surface area contributed by atoms with Crippen LogP contribution in [0, 0.1) is 5.82 Å². The predicted octanol–water partition coefficient (Wildman–Crippen LogP) is 4.41. The molecular weight excluding hydrogens is 325 g/mol. The van der Waals surface area contributed by atoms with Gasteiger partial charge in [0.25, 0.3) is 0 Å². The van der Waals surface area contributed by atoms with Crippen molar-refractivity contribution < 1.29 is 13.9 Å². The van der Waals surface area contributed by atoms with E-state index in [-0.39, 0.29) is 11.8 Å². The molecule has 2 aromatic carbocycles. The van der Waals surface area contributed by atoms with Gasteiger partial charge >= 0.3 is 0 Å². The van der Waals surface area contributed by atoms with Crippen LogP contribution in [0.1, 0.15) is 18.5 Å². The molecule has 1 unspecified atom stereocenters. The monoisotopic (exact) mass is 339 g/mol. The van der Waals surface area contributed by atoms with E-state index >= 15 is 0 Å². The van der Waals surface area contributed by atoms with E-state index in [1.165, 1.54) is 6.07 Å². The molecule has 0 aliphatic carbocycles. The highest BCUT2D eigenvalue weighted by molar-refractivity contribution is 9.10. The molecule has 0 radical (unpaired) electrons. The first-order valence-electron chi connectivity index (χ1n) is 6.07. The van der Waals surface area contributed by atoms with Crippen molar-refractivity contribution >= 4 is 15.9 Å². The first-order valence-corrected chi connectivity index (χ1v) is 6.87. The van der Waals surface area contributed by atoms with Gasteiger partial charge in [0.2, 0.25) is 0 Å². The van der Waals surface area contributed by atoms with E-state index in [1.807, 2.05) is 0 Å². The van der Waals surface area contributed by atoms with Gasteiger partial charge in [-0.25, -0.2) is 4.39 Å². The first-order chi connectivity index (χ1) is 9.51. The average molecular weight is 340 g/mol. The third-order valence-electron chi connectivity index (χ3n) is 2.84. The van der Waals surface area contributed by atoms with Gasteiger partial charge in [-0.2, -0.15) is 0 Å². The number of halogens is 2. The van der Waals surface area contributed by atoms with Crippen LogP contribution in [0.4, 0.5) is 4.39 Å². The summed E-state index contributed by atoms with van der Waals surface area (Å²) in [6.07, 6.45) is 0. The Kier molecular flexibility index (Phi) is 4.62. The quantitative estimate of drug-likeness (QED) is 0.897. The lowest BCUT2D eigenvalue weighted by Crippen LogP contribution is -2.05. The predicted molar refractivity (Wildman–Crippen MR) is 79.8 cm³/mol. The largest absolute Gasteiger partial charge is 0.497 e. The molecule has 2 aromatic rings. The molecule has 2 N–H and O–H groups in total. The van der Waals surface area contributed by atoms with Crippen molar-refractivity contribution in [2.24, 2.45) is 5.73 Å².